The summed E-state index contributed by atoms with van der Waals surface area (Å²) < 4.78 is 2.39. The fourth-order valence-corrected chi connectivity index (χ4v) is 3.00. The van der Waals surface area contributed by atoms with Crippen LogP contribution in [0.15, 0.2) is 24.3 Å². The first-order chi connectivity index (χ1) is 8.33. The van der Waals surface area contributed by atoms with Gasteiger partial charge in [0.25, 0.3) is 0 Å². The van der Waals surface area contributed by atoms with Crippen molar-refractivity contribution in [1.29, 1.82) is 0 Å². The second-order valence-electron chi connectivity index (χ2n) is 4.79. The summed E-state index contributed by atoms with van der Waals surface area (Å²) in [5.41, 5.74) is 2.22. The van der Waals surface area contributed by atoms with Gasteiger partial charge >= 0.3 is 0 Å². The Morgan fingerprint density at radius 1 is 1.35 bits per heavy atom. The summed E-state index contributed by atoms with van der Waals surface area (Å²) in [5, 5.41) is 0. The third-order valence-corrected chi connectivity index (χ3v) is 4.22. The number of nitrogens with one attached hydrogen (secondary N) is 1. The normalized spacial score (nSPS) is 22.1. The van der Waals surface area contributed by atoms with Gasteiger partial charge in [-0.1, -0.05) is 27.9 Å². The van der Waals surface area contributed by atoms with Gasteiger partial charge in [0.1, 0.15) is 5.82 Å². The number of aromatic nitrogens is 2. The molecule has 1 fully saturated rings. The van der Waals surface area contributed by atoms with Crippen LogP contribution in [0.25, 0.3) is 11.0 Å². The van der Waals surface area contributed by atoms with Gasteiger partial charge in [-0.25, -0.2) is 4.98 Å². The fourth-order valence-electron chi connectivity index (χ4n) is 2.57. The molecule has 0 saturated carbocycles. The van der Waals surface area contributed by atoms with Crippen LogP contribution in [-0.2, 0) is 6.42 Å². The first kappa shape index (κ1) is 11.2. The highest BCUT2D eigenvalue weighted by atomic mass is 31.0. The lowest BCUT2D eigenvalue weighted by Crippen LogP contribution is -2.33. The lowest BCUT2D eigenvalue weighted by Gasteiger charge is -2.31. The zero-order valence-corrected chi connectivity index (χ0v) is 11.0. The average Bonchev–Trinajstić information content (AvgIpc) is 2.74. The number of piperidine rings is 1. The van der Waals surface area contributed by atoms with Crippen molar-refractivity contribution in [3.05, 3.63) is 30.1 Å². The van der Waals surface area contributed by atoms with Gasteiger partial charge in [-0.05, 0) is 25.0 Å². The van der Waals surface area contributed by atoms with E-state index >= 15 is 0 Å². The van der Waals surface area contributed by atoms with Crippen LogP contribution in [-0.4, -0.2) is 27.2 Å². The molecule has 0 amide bonds. The Hall–Kier alpha value is -0.920. The van der Waals surface area contributed by atoms with Gasteiger partial charge in [0.05, 0.1) is 11.0 Å². The number of hydrogen-bond acceptors (Lipinski definition) is 2. The zero-order valence-electron chi connectivity index (χ0n) is 9.89. The van der Waals surface area contributed by atoms with Crippen molar-refractivity contribution >= 4 is 20.4 Å². The molecule has 2 aromatic rings. The molecule has 0 spiro atoms. The van der Waals surface area contributed by atoms with E-state index in [9.17, 15) is 0 Å². The van der Waals surface area contributed by atoms with Gasteiger partial charge in [-0.2, -0.15) is 0 Å². The van der Waals surface area contributed by atoms with Crippen molar-refractivity contribution in [2.24, 2.45) is 0 Å². The predicted octanol–water partition coefficient (Wildman–Crippen LogP) is 2.75. The summed E-state index contributed by atoms with van der Waals surface area (Å²) >= 11 is 0. The zero-order chi connectivity index (χ0) is 11.7. The van der Waals surface area contributed by atoms with E-state index in [1.54, 1.807) is 0 Å². The monoisotopic (exact) mass is 247 g/mol. The van der Waals surface area contributed by atoms with Crippen LogP contribution < -0.4 is 0 Å². The van der Waals surface area contributed by atoms with Gasteiger partial charge in [0.15, 0.2) is 0 Å². The smallest absolute Gasteiger partial charge is 0.108 e. The van der Waals surface area contributed by atoms with Crippen molar-refractivity contribution in [2.45, 2.75) is 31.7 Å². The largest absolute Gasteiger partial charge is 0.342 e. The minimum atomic E-state index is 0.620. The van der Waals surface area contributed by atoms with Crippen molar-refractivity contribution in [2.75, 3.05) is 6.54 Å². The predicted molar refractivity (Wildman–Crippen MR) is 73.9 cm³/mol. The van der Waals surface area contributed by atoms with E-state index in [0.717, 1.165) is 23.3 Å². The topological polar surface area (TPSA) is 31.9 Å². The van der Waals surface area contributed by atoms with E-state index in [-0.39, 0.29) is 0 Å². The molecule has 2 atom stereocenters. The van der Waals surface area contributed by atoms with Gasteiger partial charge in [0.2, 0.25) is 0 Å². The molecule has 1 saturated heterocycles. The van der Waals surface area contributed by atoms with Crippen molar-refractivity contribution in [3.63, 3.8) is 0 Å². The molecule has 1 aromatic carbocycles. The van der Waals surface area contributed by atoms with Gasteiger partial charge in [-0.3, -0.25) is 4.67 Å². The first-order valence-electron chi connectivity index (χ1n) is 6.28. The van der Waals surface area contributed by atoms with Crippen LogP contribution in [0.3, 0.4) is 0 Å². The summed E-state index contributed by atoms with van der Waals surface area (Å²) in [4.78, 5) is 8.07. The second-order valence-corrected chi connectivity index (χ2v) is 5.46. The standard InChI is InChI=1S/C13H18N3P/c17-16-8-4-3-5-10(16)9-13-14-11-6-1-2-7-12(11)15-13/h1-2,6-7,10H,3-5,8-9,17H2,(H,14,15). The molecular weight excluding hydrogens is 229 g/mol. The lowest BCUT2D eigenvalue weighted by atomic mass is 10.0. The maximum Gasteiger partial charge on any atom is 0.108 e. The maximum absolute atomic E-state index is 4.65. The molecule has 0 aliphatic carbocycles. The minimum Gasteiger partial charge on any atom is -0.342 e. The van der Waals surface area contributed by atoms with Crippen molar-refractivity contribution < 1.29 is 0 Å². The summed E-state index contributed by atoms with van der Waals surface area (Å²) in [7, 11) is 2.86. The molecular formula is C13H18N3P. The maximum atomic E-state index is 4.65. The van der Waals surface area contributed by atoms with Gasteiger partial charge in [-0.15, -0.1) is 0 Å². The number of para-hydroxylation sites is 2. The van der Waals surface area contributed by atoms with E-state index in [2.05, 4.69) is 36.2 Å². The van der Waals surface area contributed by atoms with E-state index in [4.69, 9.17) is 0 Å². The molecule has 90 valence electrons. The summed E-state index contributed by atoms with van der Waals surface area (Å²) in [6.45, 7) is 1.19. The number of fused-ring (bicyclic) bond motifs is 1. The molecule has 0 radical (unpaired) electrons. The molecule has 3 rings (SSSR count). The molecule has 2 unspecified atom stereocenters. The van der Waals surface area contributed by atoms with Gasteiger partial charge in [0, 0.05) is 19.0 Å². The van der Waals surface area contributed by atoms with Gasteiger partial charge < -0.3 is 4.98 Å². The van der Waals surface area contributed by atoms with Crippen LogP contribution in [0.1, 0.15) is 25.1 Å². The highest BCUT2D eigenvalue weighted by Crippen LogP contribution is 2.23. The first-order valence-corrected chi connectivity index (χ1v) is 6.79. The van der Waals surface area contributed by atoms with Crippen LogP contribution in [0, 0.1) is 0 Å². The third-order valence-electron chi connectivity index (χ3n) is 3.54. The second kappa shape index (κ2) is 4.75. The SMILES string of the molecule is PN1CCCCC1Cc1nc2ccccc2[nH]1. The molecule has 1 aliphatic heterocycles. The summed E-state index contributed by atoms with van der Waals surface area (Å²) in [6, 6.07) is 8.86. The highest BCUT2D eigenvalue weighted by Gasteiger charge is 2.20. The fraction of sp³-hybridized carbons (Fsp3) is 0.462. The Kier molecular flexibility index (Phi) is 3.13. The summed E-state index contributed by atoms with van der Waals surface area (Å²) in [5.74, 6) is 1.12. The van der Waals surface area contributed by atoms with Crippen LogP contribution in [0.4, 0.5) is 0 Å². The van der Waals surface area contributed by atoms with Crippen LogP contribution >= 0.6 is 9.39 Å². The summed E-state index contributed by atoms with van der Waals surface area (Å²) in [6.07, 6.45) is 4.97. The molecule has 17 heavy (non-hydrogen) atoms. The van der Waals surface area contributed by atoms with Crippen LogP contribution in [0.5, 0.6) is 0 Å². The highest BCUT2D eigenvalue weighted by molar-refractivity contribution is 7.13. The molecule has 1 N–H and O–H groups in total. The Labute approximate surface area is 104 Å². The van der Waals surface area contributed by atoms with Crippen LogP contribution in [0.2, 0.25) is 0 Å². The number of aromatic amines is 1. The number of nitrogens with zero attached hydrogens (tertiary/aromatic N) is 2. The number of benzene rings is 1. The quantitative estimate of drug-likeness (QED) is 0.827. The van der Waals surface area contributed by atoms with E-state index in [1.165, 1.54) is 25.8 Å². The molecule has 2 heterocycles. The minimum absolute atomic E-state index is 0.620. The van der Waals surface area contributed by atoms with E-state index in [0.29, 0.717) is 6.04 Å². The molecule has 3 nitrogen and oxygen atoms in total. The average molecular weight is 247 g/mol. The number of rotatable bonds is 2. The Balaban J connectivity index is 1.79. The number of H-pyrrole nitrogens is 1. The Morgan fingerprint density at radius 3 is 3.06 bits per heavy atom. The van der Waals surface area contributed by atoms with E-state index < -0.39 is 0 Å². The Bertz CT molecular complexity index is 475. The number of hydrogen-bond donors (Lipinski definition) is 1. The number of imidazole rings is 1. The molecule has 1 aromatic heterocycles. The lowest BCUT2D eigenvalue weighted by molar-refractivity contribution is 0.269. The third kappa shape index (κ3) is 2.36. The van der Waals surface area contributed by atoms with Crippen molar-refractivity contribution in [3.8, 4) is 0 Å². The van der Waals surface area contributed by atoms with E-state index in [1.807, 2.05) is 12.1 Å². The van der Waals surface area contributed by atoms with Crippen molar-refractivity contribution in [1.82, 2.24) is 14.6 Å². The Morgan fingerprint density at radius 2 is 2.24 bits per heavy atom. The molecule has 0 bridgehead atoms. The molecule has 1 aliphatic rings. The molecule has 4 heteroatoms.